The zero-order valence-electron chi connectivity index (χ0n) is 16.0. The maximum atomic E-state index is 12.5. The monoisotopic (exact) mass is 400 g/mol. The van der Waals surface area contributed by atoms with Gasteiger partial charge >= 0.3 is 0 Å². The lowest BCUT2D eigenvalue weighted by Gasteiger charge is -2.31. The first-order valence-electron chi connectivity index (χ1n) is 9.16. The van der Waals surface area contributed by atoms with Gasteiger partial charge in [0.15, 0.2) is 0 Å². The Morgan fingerprint density at radius 3 is 2.68 bits per heavy atom. The van der Waals surface area contributed by atoms with Crippen LogP contribution in [-0.4, -0.2) is 49.8 Å². The highest BCUT2D eigenvalue weighted by Crippen LogP contribution is 2.20. The highest BCUT2D eigenvalue weighted by atomic mass is 32.1. The Balaban J connectivity index is 1.55. The molecule has 1 aliphatic rings. The average Bonchev–Trinajstić information content (AvgIpc) is 3.26. The molecule has 0 spiro atoms. The minimum absolute atomic E-state index is 0.0444. The SMILES string of the molecule is CN(C)c1cccc(C(=O)NNC(=O)[C@@H]2CCCN(C(=O)c3cccs3)C2)c1. The topological polar surface area (TPSA) is 81.8 Å². The molecule has 1 aromatic heterocycles. The predicted octanol–water partition coefficient (Wildman–Crippen LogP) is 2.13. The lowest BCUT2D eigenvalue weighted by molar-refractivity contribution is -0.127. The lowest BCUT2D eigenvalue weighted by atomic mass is 9.97. The van der Waals surface area contributed by atoms with Crippen molar-refractivity contribution in [3.8, 4) is 0 Å². The fourth-order valence-electron chi connectivity index (χ4n) is 3.15. The minimum atomic E-state index is -0.376. The fourth-order valence-corrected chi connectivity index (χ4v) is 3.84. The van der Waals surface area contributed by atoms with Crippen molar-refractivity contribution in [3.63, 3.8) is 0 Å². The first-order chi connectivity index (χ1) is 13.5. The Morgan fingerprint density at radius 2 is 1.96 bits per heavy atom. The van der Waals surface area contributed by atoms with Crippen LogP contribution in [0.25, 0.3) is 0 Å². The Labute approximate surface area is 168 Å². The molecule has 1 aromatic carbocycles. The summed E-state index contributed by atoms with van der Waals surface area (Å²) in [7, 11) is 3.79. The maximum Gasteiger partial charge on any atom is 0.269 e. The van der Waals surface area contributed by atoms with Crippen LogP contribution in [0.15, 0.2) is 41.8 Å². The number of hydrogen-bond acceptors (Lipinski definition) is 5. The average molecular weight is 401 g/mol. The lowest BCUT2D eigenvalue weighted by Crippen LogP contribution is -2.50. The first kappa shape index (κ1) is 19.9. The second-order valence-corrected chi connectivity index (χ2v) is 7.90. The summed E-state index contributed by atoms with van der Waals surface area (Å²) in [5.74, 6) is -1.04. The van der Waals surface area contributed by atoms with Gasteiger partial charge in [0.05, 0.1) is 10.8 Å². The number of anilines is 1. The predicted molar refractivity (Wildman–Crippen MR) is 109 cm³/mol. The Hall–Kier alpha value is -2.87. The summed E-state index contributed by atoms with van der Waals surface area (Å²) in [6.07, 6.45) is 1.44. The van der Waals surface area contributed by atoms with Crippen molar-refractivity contribution in [2.45, 2.75) is 12.8 Å². The normalized spacial score (nSPS) is 16.4. The van der Waals surface area contributed by atoms with Crippen LogP contribution in [0.2, 0.25) is 0 Å². The summed E-state index contributed by atoms with van der Waals surface area (Å²) < 4.78 is 0. The summed E-state index contributed by atoms with van der Waals surface area (Å²) in [4.78, 5) is 41.6. The zero-order valence-corrected chi connectivity index (χ0v) is 16.8. The van der Waals surface area contributed by atoms with E-state index in [9.17, 15) is 14.4 Å². The Kier molecular flexibility index (Phi) is 6.30. The number of carbonyl (C=O) groups excluding carboxylic acids is 3. The number of piperidine rings is 1. The van der Waals surface area contributed by atoms with Gasteiger partial charge in [-0.1, -0.05) is 12.1 Å². The molecule has 0 bridgehead atoms. The van der Waals surface area contributed by atoms with Gasteiger partial charge in [0, 0.05) is 38.4 Å². The molecule has 2 N–H and O–H groups in total. The van der Waals surface area contributed by atoms with E-state index in [2.05, 4.69) is 10.9 Å². The summed E-state index contributed by atoms with van der Waals surface area (Å²) >= 11 is 1.40. The van der Waals surface area contributed by atoms with E-state index in [0.717, 1.165) is 12.1 Å². The van der Waals surface area contributed by atoms with E-state index in [4.69, 9.17) is 0 Å². The van der Waals surface area contributed by atoms with E-state index >= 15 is 0 Å². The van der Waals surface area contributed by atoms with Crippen LogP contribution in [0.5, 0.6) is 0 Å². The van der Waals surface area contributed by atoms with Crippen molar-refractivity contribution < 1.29 is 14.4 Å². The number of amides is 3. The second-order valence-electron chi connectivity index (χ2n) is 6.96. The number of likely N-dealkylation sites (tertiary alicyclic amines) is 1. The van der Waals surface area contributed by atoms with Crippen LogP contribution in [0, 0.1) is 5.92 Å². The van der Waals surface area contributed by atoms with Gasteiger partial charge in [-0.3, -0.25) is 25.2 Å². The quantitative estimate of drug-likeness (QED) is 0.771. The van der Waals surface area contributed by atoms with Gasteiger partial charge in [-0.05, 0) is 42.5 Å². The van der Waals surface area contributed by atoms with Crippen molar-refractivity contribution in [2.24, 2.45) is 5.92 Å². The molecule has 7 nitrogen and oxygen atoms in total. The van der Waals surface area contributed by atoms with Crippen LogP contribution in [0.1, 0.15) is 32.9 Å². The molecule has 2 heterocycles. The van der Waals surface area contributed by atoms with Gasteiger partial charge in [-0.25, -0.2) is 0 Å². The van der Waals surface area contributed by atoms with Crippen LogP contribution >= 0.6 is 11.3 Å². The van der Waals surface area contributed by atoms with E-state index in [1.165, 1.54) is 11.3 Å². The molecule has 1 saturated heterocycles. The number of benzene rings is 1. The maximum absolute atomic E-state index is 12.5. The number of carbonyl (C=O) groups is 3. The van der Waals surface area contributed by atoms with Crippen LogP contribution in [0.4, 0.5) is 5.69 Å². The summed E-state index contributed by atoms with van der Waals surface area (Å²) in [5, 5.41) is 1.86. The number of nitrogens with one attached hydrogen (secondary N) is 2. The molecule has 1 aliphatic heterocycles. The molecular weight excluding hydrogens is 376 g/mol. The number of thiophene rings is 1. The molecule has 3 rings (SSSR count). The molecule has 0 saturated carbocycles. The minimum Gasteiger partial charge on any atom is -0.378 e. The highest BCUT2D eigenvalue weighted by Gasteiger charge is 2.29. The van der Waals surface area contributed by atoms with E-state index in [1.807, 2.05) is 36.5 Å². The van der Waals surface area contributed by atoms with E-state index in [0.29, 0.717) is 30.0 Å². The molecule has 0 radical (unpaired) electrons. The van der Waals surface area contributed by atoms with Crippen molar-refractivity contribution in [2.75, 3.05) is 32.1 Å². The van der Waals surface area contributed by atoms with Crippen LogP contribution in [-0.2, 0) is 4.79 Å². The second kappa shape index (κ2) is 8.88. The Morgan fingerprint density at radius 1 is 1.14 bits per heavy atom. The third-order valence-electron chi connectivity index (χ3n) is 4.74. The smallest absolute Gasteiger partial charge is 0.269 e. The molecule has 28 heavy (non-hydrogen) atoms. The summed E-state index contributed by atoms with van der Waals surface area (Å²) in [5.41, 5.74) is 6.34. The fraction of sp³-hybridized carbons (Fsp3) is 0.350. The largest absolute Gasteiger partial charge is 0.378 e. The standard InChI is InChI=1S/C20H24N4O3S/c1-23(2)16-8-3-6-14(12-16)18(25)21-22-19(26)15-7-4-10-24(13-15)20(27)17-9-5-11-28-17/h3,5-6,8-9,11-12,15H,4,7,10,13H2,1-2H3,(H,21,25)(H,22,26)/t15-/m1/s1. The number of rotatable bonds is 4. The van der Waals surface area contributed by atoms with Gasteiger partial charge in [-0.2, -0.15) is 0 Å². The summed E-state index contributed by atoms with van der Waals surface area (Å²) in [6.45, 7) is 0.999. The molecule has 148 valence electrons. The molecular formula is C20H24N4O3S. The molecule has 1 fully saturated rings. The third-order valence-corrected chi connectivity index (χ3v) is 5.59. The molecule has 2 aromatic rings. The van der Waals surface area contributed by atoms with E-state index < -0.39 is 0 Å². The van der Waals surface area contributed by atoms with Gasteiger partial charge in [-0.15, -0.1) is 11.3 Å². The molecule has 3 amide bonds. The number of hydrogen-bond donors (Lipinski definition) is 2. The van der Waals surface area contributed by atoms with Gasteiger partial charge in [0.25, 0.3) is 11.8 Å². The van der Waals surface area contributed by atoms with Crippen molar-refractivity contribution >= 4 is 34.7 Å². The molecule has 0 unspecified atom stereocenters. The summed E-state index contributed by atoms with van der Waals surface area (Å²) in [6, 6.07) is 10.8. The molecule has 0 aliphatic carbocycles. The highest BCUT2D eigenvalue weighted by molar-refractivity contribution is 7.12. The van der Waals surface area contributed by atoms with Gasteiger partial charge in [0.1, 0.15) is 0 Å². The zero-order chi connectivity index (χ0) is 20.1. The number of nitrogens with zero attached hydrogens (tertiary/aromatic N) is 2. The van der Waals surface area contributed by atoms with Crippen LogP contribution in [0.3, 0.4) is 0 Å². The van der Waals surface area contributed by atoms with E-state index in [-0.39, 0.29) is 23.6 Å². The van der Waals surface area contributed by atoms with Gasteiger partial charge < -0.3 is 9.80 Å². The third kappa shape index (κ3) is 4.69. The first-order valence-corrected chi connectivity index (χ1v) is 10.0. The van der Waals surface area contributed by atoms with Crippen molar-refractivity contribution in [1.29, 1.82) is 0 Å². The van der Waals surface area contributed by atoms with Crippen molar-refractivity contribution in [1.82, 2.24) is 15.8 Å². The van der Waals surface area contributed by atoms with E-state index in [1.54, 1.807) is 29.2 Å². The Bertz CT molecular complexity index is 851. The molecule has 1 atom stereocenters. The number of hydrazine groups is 1. The van der Waals surface area contributed by atoms with Crippen LogP contribution < -0.4 is 15.8 Å². The van der Waals surface area contributed by atoms with Gasteiger partial charge in [0.2, 0.25) is 5.91 Å². The molecule has 8 heteroatoms. The van der Waals surface area contributed by atoms with Crippen molar-refractivity contribution in [3.05, 3.63) is 52.2 Å².